The number of halogens is 1. The fourth-order valence-electron chi connectivity index (χ4n) is 2.04. The van der Waals surface area contributed by atoms with E-state index < -0.39 is 0 Å². The van der Waals surface area contributed by atoms with Crippen LogP contribution in [0.4, 0.5) is 0 Å². The van der Waals surface area contributed by atoms with Crippen LogP contribution >= 0.6 is 27.3 Å². The molecule has 0 unspecified atom stereocenters. The highest BCUT2D eigenvalue weighted by Gasteiger charge is 2.32. The monoisotopic (exact) mass is 326 g/mol. The molecule has 1 aliphatic rings. The van der Waals surface area contributed by atoms with Gasteiger partial charge in [0.25, 0.3) is 5.91 Å². The van der Waals surface area contributed by atoms with Gasteiger partial charge in [-0.1, -0.05) is 0 Å². The minimum Gasteiger partial charge on any atom is -0.338 e. The van der Waals surface area contributed by atoms with E-state index >= 15 is 0 Å². The number of amides is 1. The Morgan fingerprint density at radius 2 is 2.17 bits per heavy atom. The molecule has 1 fully saturated rings. The zero-order chi connectivity index (χ0) is 13.3. The topological polar surface area (TPSA) is 44.1 Å². The zero-order valence-corrected chi connectivity index (χ0v) is 12.9. The molecule has 2 heterocycles. The lowest BCUT2D eigenvalue weighted by Gasteiger charge is -2.34. The number of piperidine rings is 1. The molecule has 1 amide bonds. The lowest BCUT2D eigenvalue weighted by atomic mass is 9.82. The average molecular weight is 327 g/mol. The highest BCUT2D eigenvalue weighted by atomic mass is 79.9. The molecule has 0 atom stereocenters. The fourth-order valence-corrected chi connectivity index (χ4v) is 3.54. The number of thiophene rings is 1. The number of rotatable bonds is 1. The largest absolute Gasteiger partial charge is 0.338 e. The molecule has 0 bridgehead atoms. The Hall–Kier alpha value is -0.860. The highest BCUT2D eigenvalue weighted by molar-refractivity contribution is 9.11. The number of carbonyl (C=O) groups excluding carboxylic acids is 1. The minimum absolute atomic E-state index is 0.0915. The van der Waals surface area contributed by atoms with Crippen LogP contribution in [0.2, 0.25) is 0 Å². The molecule has 0 aromatic carbocycles. The highest BCUT2D eigenvalue weighted by Crippen LogP contribution is 2.32. The molecular weight excluding hydrogens is 312 g/mol. The Labute approximate surface area is 120 Å². The molecule has 0 aliphatic carbocycles. The first-order valence-electron chi connectivity index (χ1n) is 5.92. The quantitative estimate of drug-likeness (QED) is 0.791. The maximum absolute atomic E-state index is 12.3. The third-order valence-electron chi connectivity index (χ3n) is 3.49. The van der Waals surface area contributed by atoms with E-state index in [1.165, 1.54) is 11.3 Å². The van der Waals surface area contributed by atoms with Crippen molar-refractivity contribution >= 4 is 33.2 Å². The molecule has 0 N–H and O–H groups in total. The molecule has 1 aliphatic heterocycles. The van der Waals surface area contributed by atoms with Crippen LogP contribution in [0, 0.1) is 23.7 Å². The van der Waals surface area contributed by atoms with Crippen molar-refractivity contribution < 1.29 is 4.79 Å². The Morgan fingerprint density at radius 1 is 1.56 bits per heavy atom. The Bertz CT molecular complexity index is 490. The SMILES string of the molecule is Cc1cc(C(=O)N2CCC(C)(C#N)CC2)sc1Br. The molecule has 18 heavy (non-hydrogen) atoms. The summed E-state index contributed by atoms with van der Waals surface area (Å²) in [5.41, 5.74) is 0.838. The molecule has 1 aromatic rings. The van der Waals surface area contributed by atoms with Gasteiger partial charge in [-0.15, -0.1) is 11.3 Å². The van der Waals surface area contributed by atoms with Gasteiger partial charge in [0.2, 0.25) is 0 Å². The molecule has 0 radical (unpaired) electrons. The van der Waals surface area contributed by atoms with Gasteiger partial charge >= 0.3 is 0 Å². The van der Waals surface area contributed by atoms with E-state index in [0.717, 1.165) is 27.1 Å². The predicted octanol–water partition coefficient (Wildman–Crippen LogP) is 3.58. The van der Waals surface area contributed by atoms with Crippen LogP contribution in [0.5, 0.6) is 0 Å². The number of hydrogen-bond acceptors (Lipinski definition) is 3. The van der Waals surface area contributed by atoms with Gasteiger partial charge in [-0.25, -0.2) is 0 Å². The van der Waals surface area contributed by atoms with Crippen LogP contribution < -0.4 is 0 Å². The summed E-state index contributed by atoms with van der Waals surface area (Å²) in [6.45, 7) is 5.32. The first-order chi connectivity index (χ1) is 8.45. The Kier molecular flexibility index (Phi) is 3.79. The summed E-state index contributed by atoms with van der Waals surface area (Å²) in [5, 5.41) is 9.07. The second kappa shape index (κ2) is 5.02. The number of nitrogens with zero attached hydrogens (tertiary/aromatic N) is 2. The minimum atomic E-state index is -0.261. The maximum Gasteiger partial charge on any atom is 0.263 e. The normalized spacial score (nSPS) is 18.4. The van der Waals surface area contributed by atoms with E-state index in [2.05, 4.69) is 22.0 Å². The number of nitriles is 1. The molecule has 1 saturated heterocycles. The zero-order valence-electron chi connectivity index (χ0n) is 10.5. The number of aryl methyl sites for hydroxylation is 1. The summed E-state index contributed by atoms with van der Waals surface area (Å²) in [6.07, 6.45) is 1.53. The summed E-state index contributed by atoms with van der Waals surface area (Å²) in [4.78, 5) is 14.9. The van der Waals surface area contributed by atoms with E-state index in [9.17, 15) is 4.79 Å². The lowest BCUT2D eigenvalue weighted by molar-refractivity contribution is 0.0666. The van der Waals surface area contributed by atoms with E-state index in [-0.39, 0.29) is 11.3 Å². The molecule has 2 rings (SSSR count). The van der Waals surface area contributed by atoms with Crippen LogP contribution in [0.25, 0.3) is 0 Å². The summed E-state index contributed by atoms with van der Waals surface area (Å²) in [7, 11) is 0. The van der Waals surface area contributed by atoms with Crippen molar-refractivity contribution in [3.05, 3.63) is 20.3 Å². The van der Waals surface area contributed by atoms with Crippen molar-refractivity contribution in [2.75, 3.05) is 13.1 Å². The van der Waals surface area contributed by atoms with Crippen molar-refractivity contribution in [2.24, 2.45) is 5.41 Å². The van der Waals surface area contributed by atoms with Crippen molar-refractivity contribution in [2.45, 2.75) is 26.7 Å². The molecule has 3 nitrogen and oxygen atoms in total. The van der Waals surface area contributed by atoms with Gasteiger partial charge in [0.1, 0.15) is 0 Å². The van der Waals surface area contributed by atoms with Crippen molar-refractivity contribution in [3.63, 3.8) is 0 Å². The molecule has 0 saturated carbocycles. The van der Waals surface area contributed by atoms with Gasteiger partial charge < -0.3 is 4.90 Å². The number of carbonyl (C=O) groups is 1. The summed E-state index contributed by atoms with van der Waals surface area (Å²) >= 11 is 4.92. The third kappa shape index (κ3) is 2.60. The van der Waals surface area contributed by atoms with E-state index in [1.807, 2.05) is 24.8 Å². The van der Waals surface area contributed by atoms with E-state index in [1.54, 1.807) is 0 Å². The number of hydrogen-bond donors (Lipinski definition) is 0. The van der Waals surface area contributed by atoms with Crippen molar-refractivity contribution in [1.29, 1.82) is 5.26 Å². The molecule has 1 aromatic heterocycles. The summed E-state index contributed by atoms with van der Waals surface area (Å²) in [6, 6.07) is 4.28. The molecule has 96 valence electrons. The molecule has 0 spiro atoms. The van der Waals surface area contributed by atoms with Gasteiger partial charge in [-0.05, 0) is 54.2 Å². The third-order valence-corrected chi connectivity index (χ3v) is 5.62. The van der Waals surface area contributed by atoms with Crippen LogP contribution in [0.15, 0.2) is 9.85 Å². The van der Waals surface area contributed by atoms with Gasteiger partial charge in [-0.3, -0.25) is 4.79 Å². The van der Waals surface area contributed by atoms with Crippen LogP contribution in [0.3, 0.4) is 0 Å². The van der Waals surface area contributed by atoms with Crippen LogP contribution in [-0.2, 0) is 0 Å². The van der Waals surface area contributed by atoms with Gasteiger partial charge in [-0.2, -0.15) is 5.26 Å². The Balaban J connectivity index is 2.06. The van der Waals surface area contributed by atoms with Gasteiger partial charge in [0.05, 0.1) is 20.1 Å². The fraction of sp³-hybridized carbons (Fsp3) is 0.538. The maximum atomic E-state index is 12.3. The van der Waals surface area contributed by atoms with Gasteiger partial charge in [0.15, 0.2) is 0 Å². The van der Waals surface area contributed by atoms with E-state index in [0.29, 0.717) is 13.1 Å². The van der Waals surface area contributed by atoms with Crippen LogP contribution in [0.1, 0.15) is 35.0 Å². The first kappa shape index (κ1) is 13.6. The summed E-state index contributed by atoms with van der Waals surface area (Å²) < 4.78 is 1.02. The second-order valence-electron chi connectivity index (χ2n) is 5.03. The van der Waals surface area contributed by atoms with Gasteiger partial charge in [0, 0.05) is 13.1 Å². The lowest BCUT2D eigenvalue weighted by Crippen LogP contribution is -2.41. The van der Waals surface area contributed by atoms with Crippen molar-refractivity contribution in [3.8, 4) is 6.07 Å². The second-order valence-corrected chi connectivity index (χ2v) is 7.40. The van der Waals surface area contributed by atoms with Crippen molar-refractivity contribution in [1.82, 2.24) is 4.90 Å². The summed E-state index contributed by atoms with van der Waals surface area (Å²) in [5.74, 6) is 0.0915. The van der Waals surface area contributed by atoms with Crippen LogP contribution in [-0.4, -0.2) is 23.9 Å². The average Bonchev–Trinajstić information content (AvgIpc) is 2.70. The molecular formula is C13H15BrN2OS. The predicted molar refractivity (Wildman–Crippen MR) is 75.6 cm³/mol. The standard InChI is InChI=1S/C13H15BrN2OS/c1-9-7-10(18-11(9)14)12(17)16-5-3-13(2,8-15)4-6-16/h7H,3-6H2,1-2H3. The van der Waals surface area contributed by atoms with E-state index in [4.69, 9.17) is 5.26 Å². The first-order valence-corrected chi connectivity index (χ1v) is 7.52. The smallest absolute Gasteiger partial charge is 0.263 e. The molecule has 5 heteroatoms. The Morgan fingerprint density at radius 3 is 2.61 bits per heavy atom. The number of likely N-dealkylation sites (tertiary alicyclic amines) is 1.